The molecule has 1 aliphatic carbocycles. The summed E-state index contributed by atoms with van der Waals surface area (Å²) in [7, 11) is 0. The van der Waals surface area contributed by atoms with E-state index in [4.69, 9.17) is 0 Å². The van der Waals surface area contributed by atoms with E-state index in [1.54, 1.807) is 18.4 Å². The van der Waals surface area contributed by atoms with Gasteiger partial charge in [0.15, 0.2) is 5.82 Å². The Labute approximate surface area is 162 Å². The van der Waals surface area contributed by atoms with Crippen LogP contribution < -0.4 is 16.0 Å². The zero-order valence-corrected chi connectivity index (χ0v) is 15.3. The monoisotopic (exact) mass is 378 g/mol. The fraction of sp³-hybridized carbons (Fsp3) is 0.350. The minimum atomic E-state index is -0.454. The van der Waals surface area contributed by atoms with Gasteiger partial charge in [0.1, 0.15) is 11.6 Å². The maximum Gasteiger partial charge on any atom is 0.315 e. The summed E-state index contributed by atoms with van der Waals surface area (Å²) in [6.45, 7) is 1.13. The Morgan fingerprint density at radius 3 is 2.86 bits per heavy atom. The van der Waals surface area contributed by atoms with Crippen LogP contribution in [0, 0.1) is 5.92 Å². The number of nitrogens with one attached hydrogen (secondary N) is 3. The zero-order valence-electron chi connectivity index (χ0n) is 15.3. The van der Waals surface area contributed by atoms with Crippen molar-refractivity contribution in [2.45, 2.75) is 24.8 Å². The summed E-state index contributed by atoms with van der Waals surface area (Å²) < 4.78 is 0. The maximum absolute atomic E-state index is 12.0. The molecule has 3 atom stereocenters. The average molecular weight is 378 g/mol. The van der Waals surface area contributed by atoms with Crippen molar-refractivity contribution in [1.29, 1.82) is 0 Å². The Morgan fingerprint density at radius 2 is 2.00 bits per heavy atom. The van der Waals surface area contributed by atoms with Gasteiger partial charge >= 0.3 is 6.03 Å². The minimum Gasteiger partial charge on any atom is -0.367 e. The van der Waals surface area contributed by atoms with E-state index >= 15 is 0 Å². The summed E-state index contributed by atoms with van der Waals surface area (Å²) in [6, 6.07) is 10.3. The Balaban J connectivity index is 1.15. The van der Waals surface area contributed by atoms with E-state index in [9.17, 15) is 9.59 Å². The van der Waals surface area contributed by atoms with Crippen LogP contribution in [-0.4, -0.2) is 37.3 Å². The van der Waals surface area contributed by atoms with Gasteiger partial charge in [-0.05, 0) is 24.5 Å². The lowest BCUT2D eigenvalue weighted by molar-refractivity contribution is -0.120. The molecular formula is C20H22N6O2. The molecule has 4 rings (SSSR count). The SMILES string of the molecule is O=C(NCCCNC1=C2N=CC=CC2C(=O)N=N1)NC1CC1c1ccccc1. The second-order valence-electron chi connectivity index (χ2n) is 6.95. The van der Waals surface area contributed by atoms with Gasteiger partial charge in [-0.25, -0.2) is 4.79 Å². The quantitative estimate of drug-likeness (QED) is 0.633. The highest BCUT2D eigenvalue weighted by atomic mass is 16.2. The van der Waals surface area contributed by atoms with Gasteiger partial charge in [0.25, 0.3) is 5.91 Å². The van der Waals surface area contributed by atoms with Crippen LogP contribution in [0.2, 0.25) is 0 Å². The summed E-state index contributed by atoms with van der Waals surface area (Å²) in [5, 5.41) is 16.6. The van der Waals surface area contributed by atoms with Crippen molar-refractivity contribution in [3.8, 4) is 0 Å². The highest BCUT2D eigenvalue weighted by Crippen LogP contribution is 2.40. The van der Waals surface area contributed by atoms with Crippen LogP contribution in [0.3, 0.4) is 0 Å². The molecule has 0 radical (unpaired) electrons. The number of azo groups is 1. The van der Waals surface area contributed by atoms with Crippen LogP contribution in [0.5, 0.6) is 0 Å². The molecule has 0 spiro atoms. The fourth-order valence-corrected chi connectivity index (χ4v) is 3.34. The number of hydrogen-bond donors (Lipinski definition) is 3. The molecule has 0 saturated heterocycles. The summed E-state index contributed by atoms with van der Waals surface area (Å²) in [4.78, 5) is 28.0. The molecule has 0 bridgehead atoms. The minimum absolute atomic E-state index is 0.143. The molecule has 0 aromatic heterocycles. The standard InChI is InChI=1S/C20H22N6O2/c27-19-14-8-4-9-21-17(14)18(25-26-19)22-10-5-11-23-20(28)24-16-12-15(16)13-6-2-1-3-7-13/h1-4,6-9,14-16,22H,5,10-12H2,(H2,23,24,28). The third kappa shape index (κ3) is 4.16. The van der Waals surface area contributed by atoms with E-state index < -0.39 is 5.92 Å². The van der Waals surface area contributed by atoms with Gasteiger partial charge in [-0.15, -0.1) is 10.2 Å². The number of benzene rings is 1. The van der Waals surface area contributed by atoms with E-state index in [0.717, 1.165) is 6.42 Å². The van der Waals surface area contributed by atoms with Crippen LogP contribution in [0.4, 0.5) is 4.79 Å². The topological polar surface area (TPSA) is 107 Å². The molecule has 1 aromatic rings. The van der Waals surface area contributed by atoms with E-state index in [1.807, 2.05) is 18.2 Å². The molecule has 144 valence electrons. The number of aliphatic imine (C=N–C) groups is 1. The van der Waals surface area contributed by atoms with Gasteiger partial charge < -0.3 is 16.0 Å². The number of urea groups is 1. The van der Waals surface area contributed by atoms with Gasteiger partial charge in [0.05, 0.1) is 0 Å². The first-order chi connectivity index (χ1) is 13.7. The lowest BCUT2D eigenvalue weighted by atomic mass is 10.0. The molecule has 2 aliphatic heterocycles. The zero-order chi connectivity index (χ0) is 19.3. The Morgan fingerprint density at radius 1 is 1.14 bits per heavy atom. The van der Waals surface area contributed by atoms with E-state index in [2.05, 4.69) is 43.3 Å². The molecule has 3 aliphatic rings. The first-order valence-corrected chi connectivity index (χ1v) is 9.46. The molecule has 3 N–H and O–H groups in total. The Bertz CT molecular complexity index is 874. The van der Waals surface area contributed by atoms with Crippen LogP contribution >= 0.6 is 0 Å². The second-order valence-corrected chi connectivity index (χ2v) is 6.95. The van der Waals surface area contributed by atoms with Crippen molar-refractivity contribution >= 4 is 18.2 Å². The first kappa shape index (κ1) is 18.1. The van der Waals surface area contributed by atoms with Gasteiger partial charge in [0.2, 0.25) is 0 Å². The molecule has 8 nitrogen and oxygen atoms in total. The predicted molar refractivity (Wildman–Crippen MR) is 105 cm³/mol. The van der Waals surface area contributed by atoms with Gasteiger partial charge in [0, 0.05) is 31.3 Å². The van der Waals surface area contributed by atoms with E-state index in [1.165, 1.54) is 5.56 Å². The molecule has 3 amide bonds. The molecule has 28 heavy (non-hydrogen) atoms. The number of dihydropyridines is 1. The Hall–Kier alpha value is -3.29. The average Bonchev–Trinajstić information content (AvgIpc) is 3.49. The molecule has 8 heteroatoms. The van der Waals surface area contributed by atoms with Crippen LogP contribution in [0.1, 0.15) is 24.3 Å². The third-order valence-corrected chi connectivity index (χ3v) is 4.92. The van der Waals surface area contributed by atoms with Crippen molar-refractivity contribution < 1.29 is 9.59 Å². The molecule has 3 unspecified atom stereocenters. The highest BCUT2D eigenvalue weighted by molar-refractivity contribution is 5.88. The molecular weight excluding hydrogens is 356 g/mol. The summed E-state index contributed by atoms with van der Waals surface area (Å²) in [6.07, 6.45) is 6.82. The lowest BCUT2D eigenvalue weighted by Gasteiger charge is -2.19. The van der Waals surface area contributed by atoms with Crippen LogP contribution in [0.15, 0.2) is 69.2 Å². The van der Waals surface area contributed by atoms with Crippen LogP contribution in [-0.2, 0) is 4.79 Å². The molecule has 1 fully saturated rings. The number of amides is 3. The number of nitrogens with zero attached hydrogens (tertiary/aromatic N) is 3. The summed E-state index contributed by atoms with van der Waals surface area (Å²) in [5.74, 6) is 0.170. The summed E-state index contributed by atoms with van der Waals surface area (Å²) in [5.41, 5.74) is 1.86. The molecule has 2 heterocycles. The second kappa shape index (κ2) is 8.16. The Kier molecular flexibility index (Phi) is 5.27. The van der Waals surface area contributed by atoms with Crippen molar-refractivity contribution in [1.82, 2.24) is 16.0 Å². The van der Waals surface area contributed by atoms with Crippen LogP contribution in [0.25, 0.3) is 0 Å². The van der Waals surface area contributed by atoms with Crippen molar-refractivity contribution in [3.63, 3.8) is 0 Å². The van der Waals surface area contributed by atoms with E-state index in [0.29, 0.717) is 36.9 Å². The largest absolute Gasteiger partial charge is 0.367 e. The molecule has 1 aromatic carbocycles. The predicted octanol–water partition coefficient (Wildman–Crippen LogP) is 2.24. The number of fused-ring (bicyclic) bond motifs is 1. The summed E-state index contributed by atoms with van der Waals surface area (Å²) >= 11 is 0. The maximum atomic E-state index is 12.0. The number of rotatable bonds is 7. The lowest BCUT2D eigenvalue weighted by Crippen LogP contribution is -2.38. The van der Waals surface area contributed by atoms with Gasteiger partial charge in [-0.2, -0.15) is 0 Å². The van der Waals surface area contributed by atoms with Gasteiger partial charge in [-0.1, -0.05) is 36.4 Å². The van der Waals surface area contributed by atoms with Crippen molar-refractivity contribution in [2.24, 2.45) is 21.1 Å². The smallest absolute Gasteiger partial charge is 0.315 e. The van der Waals surface area contributed by atoms with Crippen molar-refractivity contribution in [3.05, 3.63) is 59.6 Å². The highest BCUT2D eigenvalue weighted by Gasteiger charge is 2.39. The van der Waals surface area contributed by atoms with Crippen molar-refractivity contribution in [2.75, 3.05) is 13.1 Å². The first-order valence-electron chi connectivity index (χ1n) is 9.46. The van der Waals surface area contributed by atoms with Gasteiger partial charge in [-0.3, -0.25) is 9.79 Å². The fourth-order valence-electron chi connectivity index (χ4n) is 3.34. The third-order valence-electron chi connectivity index (χ3n) is 4.92. The van der Waals surface area contributed by atoms with E-state index in [-0.39, 0.29) is 18.0 Å². The normalized spacial score (nSPS) is 24.7. The number of carbonyl (C=O) groups excluding carboxylic acids is 2. The molecule has 1 saturated carbocycles. The number of carbonyl (C=O) groups is 2. The number of hydrogen-bond acceptors (Lipinski definition) is 5. The number of allylic oxidation sites excluding steroid dienone is 1.